The topological polar surface area (TPSA) is 100 Å². The zero-order valence-electron chi connectivity index (χ0n) is 17.9. The van der Waals surface area contributed by atoms with Crippen LogP contribution >= 0.6 is 0 Å². The van der Waals surface area contributed by atoms with Crippen molar-refractivity contribution in [2.45, 2.75) is 19.7 Å². The number of benzene rings is 3. The molecule has 1 atom stereocenters. The van der Waals surface area contributed by atoms with Crippen LogP contribution in [0.4, 0.5) is 10.5 Å². The maximum atomic E-state index is 13.4. The van der Waals surface area contributed by atoms with Crippen LogP contribution in [0.1, 0.15) is 23.6 Å². The number of fused-ring (bicyclic) bond motifs is 1. The Hall–Kier alpha value is -4.46. The molecule has 1 heterocycles. The zero-order chi connectivity index (χ0) is 23.2. The van der Waals surface area contributed by atoms with E-state index in [-0.39, 0.29) is 6.61 Å². The number of anilines is 1. The first-order chi connectivity index (χ1) is 16.0. The van der Waals surface area contributed by atoms with E-state index in [1.54, 1.807) is 18.2 Å². The number of ether oxygens (including phenoxy) is 1. The van der Waals surface area contributed by atoms with Crippen LogP contribution in [0.3, 0.4) is 0 Å². The minimum Gasteiger partial charge on any atom is -0.445 e. The van der Waals surface area contributed by atoms with E-state index in [0.29, 0.717) is 17.0 Å². The lowest BCUT2D eigenvalue weighted by atomic mass is 10.0. The van der Waals surface area contributed by atoms with Gasteiger partial charge in [0, 0.05) is 18.1 Å². The van der Waals surface area contributed by atoms with Crippen molar-refractivity contribution in [3.63, 3.8) is 0 Å². The summed E-state index contributed by atoms with van der Waals surface area (Å²) in [5, 5.41) is 3.64. The summed E-state index contributed by atoms with van der Waals surface area (Å²) in [6, 6.07) is 25.6. The van der Waals surface area contributed by atoms with Crippen LogP contribution in [0.2, 0.25) is 0 Å². The fourth-order valence-electron chi connectivity index (χ4n) is 3.43. The van der Waals surface area contributed by atoms with Crippen LogP contribution in [-0.2, 0) is 20.9 Å². The second-order valence-electron chi connectivity index (χ2n) is 7.31. The van der Waals surface area contributed by atoms with E-state index in [2.05, 4.69) is 15.7 Å². The molecule has 0 spiro atoms. The third-order valence-corrected chi connectivity index (χ3v) is 4.90. The molecular weight excluding hydrogens is 420 g/mol. The quantitative estimate of drug-likeness (QED) is 0.634. The van der Waals surface area contributed by atoms with Crippen molar-refractivity contribution in [3.05, 3.63) is 102 Å². The average Bonchev–Trinajstić information content (AvgIpc) is 2.94. The molecule has 166 valence electrons. The molecule has 0 aliphatic carbocycles. The number of carbonyl (C=O) groups is 3. The van der Waals surface area contributed by atoms with Crippen molar-refractivity contribution in [2.24, 2.45) is 4.99 Å². The summed E-state index contributed by atoms with van der Waals surface area (Å²) in [6.07, 6.45) is -2.12. The van der Waals surface area contributed by atoms with Crippen molar-refractivity contribution in [1.82, 2.24) is 10.7 Å². The van der Waals surface area contributed by atoms with Gasteiger partial charge in [-0.05, 0) is 11.6 Å². The summed E-state index contributed by atoms with van der Waals surface area (Å²) in [5.41, 5.74) is 5.68. The Bertz CT molecular complexity index is 1200. The number of aliphatic imine (C=N–C) groups is 1. The molecule has 1 unspecified atom stereocenters. The molecule has 0 saturated carbocycles. The van der Waals surface area contributed by atoms with E-state index in [9.17, 15) is 14.4 Å². The van der Waals surface area contributed by atoms with E-state index >= 15 is 0 Å². The number of hydrogen-bond donors (Lipinski definition) is 2. The lowest BCUT2D eigenvalue weighted by Gasteiger charge is -2.25. The second kappa shape index (κ2) is 9.78. The summed E-state index contributed by atoms with van der Waals surface area (Å²) < 4.78 is 5.28. The molecule has 0 fully saturated rings. The first-order valence-corrected chi connectivity index (χ1v) is 10.3. The van der Waals surface area contributed by atoms with Crippen LogP contribution in [-0.4, -0.2) is 29.8 Å². The van der Waals surface area contributed by atoms with Gasteiger partial charge >= 0.3 is 6.09 Å². The highest BCUT2D eigenvalue weighted by Gasteiger charge is 2.34. The van der Waals surface area contributed by atoms with Crippen molar-refractivity contribution in [1.29, 1.82) is 0 Å². The third-order valence-electron chi connectivity index (χ3n) is 4.90. The summed E-state index contributed by atoms with van der Waals surface area (Å²) in [7, 11) is 0. The molecular formula is C25H22N4O4. The molecule has 3 amide bonds. The molecule has 0 aromatic heterocycles. The molecule has 8 heteroatoms. The highest BCUT2D eigenvalue weighted by molar-refractivity contribution is 6.20. The minimum absolute atomic E-state index is 0.0402. The van der Waals surface area contributed by atoms with Gasteiger partial charge in [-0.15, -0.1) is 0 Å². The number of hydrogen-bond acceptors (Lipinski definition) is 5. The Balaban J connectivity index is 1.68. The van der Waals surface area contributed by atoms with Gasteiger partial charge in [-0.2, -0.15) is 0 Å². The van der Waals surface area contributed by atoms with E-state index in [0.717, 1.165) is 16.1 Å². The highest BCUT2D eigenvalue weighted by Crippen LogP contribution is 2.27. The number of rotatable bonds is 5. The number of nitrogens with one attached hydrogen (secondary N) is 2. The third kappa shape index (κ3) is 5.07. The number of alkyl carbamates (subject to hydrolysis) is 1. The fourth-order valence-corrected chi connectivity index (χ4v) is 3.43. The molecule has 2 N–H and O–H groups in total. The SMILES string of the molecule is CC(=O)NN1C(=O)C(NC(=O)OCc2ccccc2)N=C(c2ccccc2)c2ccccc21. The Morgan fingerprint density at radius 1 is 0.939 bits per heavy atom. The number of hydrazine groups is 1. The molecule has 8 nitrogen and oxygen atoms in total. The molecule has 0 bridgehead atoms. The van der Waals surface area contributed by atoms with Crippen molar-refractivity contribution < 1.29 is 19.1 Å². The van der Waals surface area contributed by atoms with Crippen LogP contribution in [0.5, 0.6) is 0 Å². The lowest BCUT2D eigenvalue weighted by Crippen LogP contribution is -2.53. The van der Waals surface area contributed by atoms with Crippen LogP contribution in [0.15, 0.2) is 89.9 Å². The van der Waals surface area contributed by atoms with Gasteiger partial charge in [0.15, 0.2) is 0 Å². The van der Waals surface area contributed by atoms with Gasteiger partial charge in [0.25, 0.3) is 5.91 Å². The summed E-state index contributed by atoms with van der Waals surface area (Å²) in [6.45, 7) is 1.34. The predicted molar refractivity (Wildman–Crippen MR) is 123 cm³/mol. The van der Waals surface area contributed by atoms with Gasteiger partial charge in [0.05, 0.1) is 11.4 Å². The number of nitrogens with zero attached hydrogens (tertiary/aromatic N) is 2. The van der Waals surface area contributed by atoms with Crippen LogP contribution in [0, 0.1) is 0 Å². The minimum atomic E-state index is -1.32. The highest BCUT2D eigenvalue weighted by atomic mass is 16.5. The molecule has 0 saturated heterocycles. The Morgan fingerprint density at radius 3 is 2.27 bits per heavy atom. The normalized spacial score (nSPS) is 15.1. The van der Waals surface area contributed by atoms with Crippen LogP contribution in [0.25, 0.3) is 0 Å². The average molecular weight is 442 g/mol. The van der Waals surface area contributed by atoms with Gasteiger partial charge < -0.3 is 4.74 Å². The molecule has 33 heavy (non-hydrogen) atoms. The van der Waals surface area contributed by atoms with Gasteiger partial charge in [0.2, 0.25) is 12.1 Å². The molecule has 1 aliphatic rings. The number of para-hydroxylation sites is 1. The molecule has 0 radical (unpaired) electrons. The maximum absolute atomic E-state index is 13.4. The summed E-state index contributed by atoms with van der Waals surface area (Å²) >= 11 is 0. The van der Waals surface area contributed by atoms with E-state index < -0.39 is 24.1 Å². The maximum Gasteiger partial charge on any atom is 0.409 e. The fraction of sp³-hybridized carbons (Fsp3) is 0.120. The summed E-state index contributed by atoms with van der Waals surface area (Å²) in [4.78, 5) is 42.3. The van der Waals surface area contributed by atoms with Crippen molar-refractivity contribution in [3.8, 4) is 0 Å². The number of carbonyl (C=O) groups excluding carboxylic acids is 3. The molecule has 4 rings (SSSR count). The smallest absolute Gasteiger partial charge is 0.409 e. The Labute approximate surface area is 190 Å². The van der Waals surface area contributed by atoms with Gasteiger partial charge in [-0.25, -0.2) is 14.8 Å². The van der Waals surface area contributed by atoms with Gasteiger partial charge in [-0.1, -0.05) is 78.9 Å². The van der Waals surface area contributed by atoms with Crippen LogP contribution < -0.4 is 15.8 Å². The molecule has 3 aromatic carbocycles. The molecule has 3 aromatic rings. The van der Waals surface area contributed by atoms with Crippen molar-refractivity contribution in [2.75, 3.05) is 5.01 Å². The number of amides is 3. The zero-order valence-corrected chi connectivity index (χ0v) is 17.9. The van der Waals surface area contributed by atoms with Crippen molar-refractivity contribution >= 4 is 29.3 Å². The number of benzodiazepines with no additional fused rings is 1. The lowest BCUT2D eigenvalue weighted by molar-refractivity contribution is -0.125. The van der Waals surface area contributed by atoms with E-state index in [1.807, 2.05) is 66.7 Å². The standard InChI is InChI=1S/C25H22N4O4/c1-17(30)28-29-21-15-9-8-14-20(21)22(19-12-6-3-7-13-19)26-23(24(29)31)27-25(32)33-16-18-10-4-2-5-11-18/h2-15,23H,16H2,1H3,(H,27,32)(H,28,30). The van der Waals surface area contributed by atoms with Gasteiger partial charge in [-0.3, -0.25) is 20.3 Å². The monoisotopic (exact) mass is 442 g/mol. The summed E-state index contributed by atoms with van der Waals surface area (Å²) in [5.74, 6) is -1.06. The van der Waals surface area contributed by atoms with E-state index in [4.69, 9.17) is 4.74 Å². The Morgan fingerprint density at radius 2 is 1.58 bits per heavy atom. The molecule has 1 aliphatic heterocycles. The second-order valence-corrected chi connectivity index (χ2v) is 7.31. The Kier molecular flexibility index (Phi) is 6.45. The van der Waals surface area contributed by atoms with Gasteiger partial charge in [0.1, 0.15) is 6.61 Å². The first kappa shape index (κ1) is 21.8. The first-order valence-electron chi connectivity index (χ1n) is 10.3. The van der Waals surface area contributed by atoms with E-state index in [1.165, 1.54) is 6.92 Å². The largest absolute Gasteiger partial charge is 0.445 e. The predicted octanol–water partition coefficient (Wildman–Crippen LogP) is 3.17.